The normalized spacial score (nSPS) is 12.7. The number of aromatic nitrogens is 1. The van der Waals surface area contributed by atoms with Crippen molar-refractivity contribution in [2.45, 2.75) is 13.8 Å². The van der Waals surface area contributed by atoms with Crippen molar-refractivity contribution in [2.75, 3.05) is 0 Å². The number of nitrogens with zero attached hydrogens (tertiary/aromatic N) is 1. The van der Waals surface area contributed by atoms with Gasteiger partial charge in [-0.2, -0.15) is 0 Å². The van der Waals surface area contributed by atoms with Gasteiger partial charge < -0.3 is 10.3 Å². The summed E-state index contributed by atoms with van der Waals surface area (Å²) >= 11 is 0. The molecule has 6 aromatic carbocycles. The lowest BCUT2D eigenvalue weighted by molar-refractivity contribution is 1.19. The standard InChI is InChI=1S/C42H34N2/c1-4-10-36(27-43)34-18-21-39-40-22-19-35-25-33(32-16-15-30-23-29(28(5-2)6-3)13-14-31(30)24-32)17-20-38(35)42(40)44(41(39)26-34)37-11-8-7-9-12-37/h4-27H,2,43H2,1,3H3/b10-4-,28-6+,36-27+. The molecule has 0 aliphatic rings. The second kappa shape index (κ2) is 11.2. The van der Waals surface area contributed by atoms with E-state index in [1.807, 2.05) is 19.1 Å². The van der Waals surface area contributed by atoms with E-state index in [4.69, 9.17) is 5.73 Å². The van der Waals surface area contributed by atoms with Crippen LogP contribution in [0.5, 0.6) is 0 Å². The van der Waals surface area contributed by atoms with Crippen molar-refractivity contribution in [1.29, 1.82) is 0 Å². The van der Waals surface area contributed by atoms with Crippen molar-refractivity contribution in [1.82, 2.24) is 4.57 Å². The largest absolute Gasteiger partial charge is 0.404 e. The second-order valence-electron chi connectivity index (χ2n) is 11.1. The Morgan fingerprint density at radius 2 is 1.27 bits per heavy atom. The molecule has 0 spiro atoms. The molecule has 0 unspecified atom stereocenters. The molecule has 2 heteroatoms. The predicted molar refractivity (Wildman–Crippen MR) is 192 cm³/mol. The molecule has 0 aliphatic heterocycles. The third-order valence-electron chi connectivity index (χ3n) is 8.66. The average molecular weight is 567 g/mol. The Morgan fingerprint density at radius 3 is 2.02 bits per heavy atom. The van der Waals surface area contributed by atoms with E-state index in [2.05, 4.69) is 145 Å². The Bertz CT molecular complexity index is 2310. The number of fused-ring (bicyclic) bond motifs is 6. The molecule has 0 radical (unpaired) electrons. The fourth-order valence-corrected chi connectivity index (χ4v) is 6.48. The number of rotatable bonds is 6. The molecule has 1 aromatic heterocycles. The van der Waals surface area contributed by atoms with Gasteiger partial charge in [-0.3, -0.25) is 0 Å². The van der Waals surface area contributed by atoms with Gasteiger partial charge in [0, 0.05) is 28.0 Å². The third-order valence-corrected chi connectivity index (χ3v) is 8.66. The van der Waals surface area contributed by atoms with E-state index < -0.39 is 0 Å². The van der Waals surface area contributed by atoms with Crippen molar-refractivity contribution in [2.24, 2.45) is 5.73 Å². The molecule has 0 saturated heterocycles. The molecule has 7 rings (SSSR count). The first-order chi connectivity index (χ1) is 21.6. The summed E-state index contributed by atoms with van der Waals surface area (Å²) in [6.45, 7) is 8.03. The Labute approximate surface area is 258 Å². The number of hydrogen-bond donors (Lipinski definition) is 1. The van der Waals surface area contributed by atoms with Gasteiger partial charge >= 0.3 is 0 Å². The van der Waals surface area contributed by atoms with Crippen molar-refractivity contribution in [3.8, 4) is 16.8 Å². The lowest BCUT2D eigenvalue weighted by atomic mass is 9.96. The first-order valence-electron chi connectivity index (χ1n) is 15.1. The van der Waals surface area contributed by atoms with Crippen molar-refractivity contribution in [3.05, 3.63) is 163 Å². The number of nitrogens with two attached hydrogens (primary N) is 1. The highest BCUT2D eigenvalue weighted by molar-refractivity contribution is 6.19. The quantitative estimate of drug-likeness (QED) is 0.199. The van der Waals surface area contributed by atoms with E-state index in [-0.39, 0.29) is 0 Å². The molecule has 0 bridgehead atoms. The van der Waals surface area contributed by atoms with Gasteiger partial charge in [0.2, 0.25) is 0 Å². The van der Waals surface area contributed by atoms with Crippen LogP contribution in [0.4, 0.5) is 0 Å². The number of hydrogen-bond acceptors (Lipinski definition) is 1. The maximum Gasteiger partial charge on any atom is 0.0619 e. The minimum atomic E-state index is 1.00. The van der Waals surface area contributed by atoms with Crippen LogP contribution < -0.4 is 5.73 Å². The SMILES string of the molecule is C=C/C(=C\C)c1ccc2cc(-c3ccc4c(ccc5c6ccc(C(/C=C\C)=C/N)cc6n(-c6ccccc6)c45)c3)ccc2c1. The van der Waals surface area contributed by atoms with Crippen LogP contribution in [-0.2, 0) is 0 Å². The minimum absolute atomic E-state index is 1.00. The van der Waals surface area contributed by atoms with Crippen LogP contribution in [-0.4, -0.2) is 4.57 Å². The maximum absolute atomic E-state index is 6.03. The van der Waals surface area contributed by atoms with Gasteiger partial charge in [0.15, 0.2) is 0 Å². The number of benzene rings is 6. The number of allylic oxidation sites excluding steroid dienone is 6. The topological polar surface area (TPSA) is 30.9 Å². The summed E-state index contributed by atoms with van der Waals surface area (Å²) in [5.74, 6) is 0. The highest BCUT2D eigenvalue weighted by Crippen LogP contribution is 2.39. The third kappa shape index (κ3) is 4.53. The summed E-state index contributed by atoms with van der Waals surface area (Å²) in [4.78, 5) is 0. The maximum atomic E-state index is 6.03. The lowest BCUT2D eigenvalue weighted by Gasteiger charge is -2.12. The zero-order chi connectivity index (χ0) is 30.2. The molecule has 0 amide bonds. The summed E-state index contributed by atoms with van der Waals surface area (Å²) in [6, 6.07) is 42.1. The van der Waals surface area contributed by atoms with Gasteiger partial charge in [0.05, 0.1) is 11.0 Å². The van der Waals surface area contributed by atoms with Gasteiger partial charge in [0.25, 0.3) is 0 Å². The van der Waals surface area contributed by atoms with Gasteiger partial charge in [-0.15, -0.1) is 0 Å². The van der Waals surface area contributed by atoms with Crippen molar-refractivity contribution >= 4 is 54.5 Å². The minimum Gasteiger partial charge on any atom is -0.404 e. The molecule has 2 N–H and O–H groups in total. The smallest absolute Gasteiger partial charge is 0.0619 e. The molecule has 44 heavy (non-hydrogen) atoms. The fraction of sp³-hybridized carbons (Fsp3) is 0.0476. The van der Waals surface area contributed by atoms with Crippen molar-refractivity contribution in [3.63, 3.8) is 0 Å². The van der Waals surface area contributed by atoms with E-state index in [1.165, 1.54) is 54.5 Å². The molecule has 1 heterocycles. The molecule has 0 saturated carbocycles. The molecule has 0 atom stereocenters. The molecule has 2 nitrogen and oxygen atoms in total. The lowest BCUT2D eigenvalue weighted by Crippen LogP contribution is -1.95. The first-order valence-corrected chi connectivity index (χ1v) is 15.1. The van der Waals surface area contributed by atoms with E-state index in [0.717, 1.165) is 27.9 Å². The zero-order valence-corrected chi connectivity index (χ0v) is 25.1. The summed E-state index contributed by atoms with van der Waals surface area (Å²) < 4.78 is 2.40. The Kier molecular flexibility index (Phi) is 6.96. The molecular weight excluding hydrogens is 532 g/mol. The van der Waals surface area contributed by atoms with E-state index in [1.54, 1.807) is 6.20 Å². The Morgan fingerprint density at radius 1 is 0.636 bits per heavy atom. The van der Waals surface area contributed by atoms with Crippen LogP contribution in [0, 0.1) is 0 Å². The summed E-state index contributed by atoms with van der Waals surface area (Å²) in [5, 5.41) is 7.35. The second-order valence-corrected chi connectivity index (χ2v) is 11.1. The average Bonchev–Trinajstić information content (AvgIpc) is 3.41. The van der Waals surface area contributed by atoms with Crippen LogP contribution in [0.1, 0.15) is 25.0 Å². The first kappa shape index (κ1) is 27.2. The van der Waals surface area contributed by atoms with Crippen LogP contribution in [0.3, 0.4) is 0 Å². The van der Waals surface area contributed by atoms with Gasteiger partial charge in [-0.05, 0) is 99.8 Å². The fourth-order valence-electron chi connectivity index (χ4n) is 6.48. The van der Waals surface area contributed by atoms with Gasteiger partial charge in [-0.25, -0.2) is 0 Å². The molecule has 7 aromatic rings. The zero-order valence-electron chi connectivity index (χ0n) is 25.1. The van der Waals surface area contributed by atoms with Crippen LogP contribution in [0.25, 0.3) is 71.3 Å². The monoisotopic (exact) mass is 566 g/mol. The highest BCUT2D eigenvalue weighted by Gasteiger charge is 2.16. The molecule has 212 valence electrons. The van der Waals surface area contributed by atoms with Crippen LogP contribution >= 0.6 is 0 Å². The molecule has 0 fully saturated rings. The summed E-state index contributed by atoms with van der Waals surface area (Å²) in [7, 11) is 0. The van der Waals surface area contributed by atoms with E-state index in [9.17, 15) is 0 Å². The summed E-state index contributed by atoms with van der Waals surface area (Å²) in [6.07, 6.45) is 9.77. The van der Waals surface area contributed by atoms with Gasteiger partial charge in [0.1, 0.15) is 0 Å². The predicted octanol–water partition coefficient (Wildman–Crippen LogP) is 11.2. The highest BCUT2D eigenvalue weighted by atomic mass is 15.0. The van der Waals surface area contributed by atoms with Gasteiger partial charge in [-0.1, -0.05) is 110 Å². The number of para-hydroxylation sites is 1. The molecular formula is C42H34N2. The molecule has 0 aliphatic carbocycles. The van der Waals surface area contributed by atoms with Crippen LogP contribution in [0.15, 0.2) is 152 Å². The van der Waals surface area contributed by atoms with Crippen molar-refractivity contribution < 1.29 is 0 Å². The van der Waals surface area contributed by atoms with E-state index in [0.29, 0.717) is 0 Å². The Hall–Kier alpha value is -5.60. The Balaban J connectivity index is 1.42. The summed E-state index contributed by atoms with van der Waals surface area (Å²) in [5.41, 5.74) is 16.4. The van der Waals surface area contributed by atoms with Crippen LogP contribution in [0.2, 0.25) is 0 Å². The van der Waals surface area contributed by atoms with E-state index >= 15 is 0 Å².